The number of hydrogen-bond acceptors (Lipinski definition) is 11. The molecule has 26 heteroatoms. The summed E-state index contributed by atoms with van der Waals surface area (Å²) in [5.41, 5.74) is -8.06. The molecule has 4 N–H and O–H groups in total. The minimum Gasteiger partial charge on any atom is -0.368 e. The van der Waals surface area contributed by atoms with Crippen LogP contribution in [0.1, 0.15) is 38.2 Å². The van der Waals surface area contributed by atoms with Crippen molar-refractivity contribution in [3.63, 3.8) is 0 Å². The van der Waals surface area contributed by atoms with Gasteiger partial charge in [0.2, 0.25) is 11.8 Å². The van der Waals surface area contributed by atoms with Crippen LogP contribution in [0.15, 0.2) is 78.2 Å². The molecule has 3 aromatic carbocycles. The molecule has 0 aliphatic carbocycles. The van der Waals surface area contributed by atoms with E-state index in [4.69, 9.17) is 5.73 Å². The molecule has 0 saturated heterocycles. The van der Waals surface area contributed by atoms with Gasteiger partial charge in [0.05, 0.1) is 0 Å². The molecule has 0 fully saturated rings. The van der Waals surface area contributed by atoms with E-state index in [1.165, 1.54) is 0 Å². The van der Waals surface area contributed by atoms with Gasteiger partial charge in [-0.15, -0.1) is 10.2 Å². The fourth-order valence-electron chi connectivity index (χ4n) is 5.54. The summed E-state index contributed by atoms with van der Waals surface area (Å²) in [5, 5.41) is 11.0. The molecular weight excluding hydrogens is 1050 g/mol. The van der Waals surface area contributed by atoms with Crippen LogP contribution in [0, 0.1) is 0 Å². The van der Waals surface area contributed by atoms with Crippen LogP contribution >= 0.6 is 63.0 Å². The van der Waals surface area contributed by atoms with Crippen molar-refractivity contribution in [2.24, 2.45) is 16.0 Å². The molecule has 0 aromatic heterocycles. The molecule has 0 bridgehead atoms. The number of nitrogens with two attached hydrogens (primary N) is 1. The van der Waals surface area contributed by atoms with Crippen LogP contribution in [0.4, 0.5) is 30.7 Å². The largest absolute Gasteiger partial charge is 0.442 e. The first-order valence-corrected chi connectivity index (χ1v) is 21.7. The van der Waals surface area contributed by atoms with Crippen molar-refractivity contribution >= 4 is 80.7 Å². The molecule has 4 rings (SSSR count). The Kier molecular flexibility index (Phi) is 14.9. The first-order valence-electron chi connectivity index (χ1n) is 16.3. The van der Waals surface area contributed by atoms with Crippen molar-refractivity contribution in [3.8, 4) is 0 Å². The van der Waals surface area contributed by atoms with Gasteiger partial charge in [0.25, 0.3) is 5.91 Å². The van der Waals surface area contributed by atoms with E-state index in [9.17, 15) is 36.7 Å². The summed E-state index contributed by atoms with van der Waals surface area (Å²) in [4.78, 5) is 40.2. The van der Waals surface area contributed by atoms with E-state index in [2.05, 4.69) is 86.7 Å². The van der Waals surface area contributed by atoms with Gasteiger partial charge in [-0.2, -0.15) is 30.7 Å². The average Bonchev–Trinajstić information content (AvgIpc) is 3.99. The van der Waals surface area contributed by atoms with Crippen molar-refractivity contribution in [1.29, 1.82) is 0 Å². The van der Waals surface area contributed by atoms with Crippen LogP contribution in [0.5, 0.6) is 0 Å². The predicted octanol–water partition coefficient (Wildman–Crippen LogP) is 8.78. The topological polar surface area (TPSA) is 197 Å². The summed E-state index contributed by atoms with van der Waals surface area (Å²) in [6.07, 6.45) is -5.92. The highest BCUT2D eigenvalue weighted by Crippen LogP contribution is 2.67. The van der Waals surface area contributed by atoms with Crippen LogP contribution in [-0.2, 0) is 66.6 Å². The second-order valence-electron chi connectivity index (χ2n) is 12.4. The van der Waals surface area contributed by atoms with E-state index >= 15 is 17.6 Å². The second kappa shape index (κ2) is 18.1. The van der Waals surface area contributed by atoms with Gasteiger partial charge >= 0.3 is 38.4 Å². The molecule has 3 amide bonds. The SMILES string of the molecule is COP(=O)(OC)C(F)(F)c1ccc(C[C@H](NC(=O)[C@H](Cc2ccc(C(F)(F)P(=O)(OC)OC)c(Br)c2)NC(=O)c2cc(Br)cc(C3(C(F)(F)F)N=N3)c2)C(N)=O)cc1Br. The summed E-state index contributed by atoms with van der Waals surface area (Å²) >= 11 is 9.02. The number of benzene rings is 3. The Labute approximate surface area is 356 Å². The number of primary amides is 1. The number of alkyl halides is 7. The molecule has 0 spiro atoms. The monoisotopic (exact) mass is 1070 g/mol. The van der Waals surface area contributed by atoms with Crippen molar-refractivity contribution in [2.45, 2.75) is 48.1 Å². The Morgan fingerprint density at radius 3 is 1.53 bits per heavy atom. The van der Waals surface area contributed by atoms with Crippen molar-refractivity contribution in [2.75, 3.05) is 28.4 Å². The lowest BCUT2D eigenvalue weighted by Gasteiger charge is -2.26. The van der Waals surface area contributed by atoms with Gasteiger partial charge in [-0.1, -0.05) is 72.1 Å². The maximum Gasteiger partial charge on any atom is 0.442 e. The van der Waals surface area contributed by atoms with E-state index in [1.807, 2.05) is 0 Å². The Morgan fingerprint density at radius 1 is 0.712 bits per heavy atom. The lowest BCUT2D eigenvalue weighted by atomic mass is 9.99. The van der Waals surface area contributed by atoms with Crippen LogP contribution in [0.3, 0.4) is 0 Å². The highest BCUT2D eigenvalue weighted by atomic mass is 79.9. The van der Waals surface area contributed by atoms with E-state index in [1.54, 1.807) is 0 Å². The molecule has 3 aromatic rings. The first-order chi connectivity index (χ1) is 27.3. The third-order valence-electron chi connectivity index (χ3n) is 8.78. The Morgan fingerprint density at radius 2 is 1.15 bits per heavy atom. The predicted molar refractivity (Wildman–Crippen MR) is 206 cm³/mol. The van der Waals surface area contributed by atoms with Crippen molar-refractivity contribution in [1.82, 2.24) is 10.6 Å². The maximum absolute atomic E-state index is 15.3. The standard InChI is InChI=1S/C33H31Br3F7N5O9P2/c1-54-58(52,55-2)31(37,38)21-7-5-16(9-23(21)35)11-25(27(44)49)45-29(51)26(12-17-6-8-22(24(36)10-17)32(39,40)59(53,56-3)57-4)46-28(50)18-13-19(15-20(34)14-18)30(47-48-30)33(41,42)43/h5-10,13-15,25-26H,11-12H2,1-4H3,(H2,44,49)(H,45,51)(H,46,50)/t25-,26-/m0/s1. The van der Waals surface area contributed by atoms with Gasteiger partial charge in [-0.05, 0) is 41.5 Å². The molecule has 14 nitrogen and oxygen atoms in total. The summed E-state index contributed by atoms with van der Waals surface area (Å²) < 4.78 is 145. The number of halogens is 10. The number of carbonyl (C=O) groups excluding carboxylic acids is 3. The highest BCUT2D eigenvalue weighted by Gasteiger charge is 2.65. The van der Waals surface area contributed by atoms with E-state index in [-0.39, 0.29) is 24.5 Å². The Balaban J connectivity index is 1.69. The molecule has 1 aliphatic heterocycles. The molecule has 0 radical (unpaired) electrons. The van der Waals surface area contributed by atoms with Crippen LogP contribution < -0.4 is 16.4 Å². The number of carbonyl (C=O) groups is 3. The van der Waals surface area contributed by atoms with Gasteiger partial charge in [0.15, 0.2) is 0 Å². The molecule has 322 valence electrons. The maximum atomic E-state index is 15.3. The summed E-state index contributed by atoms with van der Waals surface area (Å²) in [6.45, 7) is 0. The average molecular weight is 1080 g/mol. The van der Waals surface area contributed by atoms with Crippen LogP contribution in [0.25, 0.3) is 0 Å². The van der Waals surface area contributed by atoms with Crippen molar-refractivity contribution < 1.29 is 72.3 Å². The Bertz CT molecular complexity index is 2250. The zero-order chi connectivity index (χ0) is 44.5. The molecule has 59 heavy (non-hydrogen) atoms. The zero-order valence-corrected chi connectivity index (χ0v) is 37.1. The van der Waals surface area contributed by atoms with Gasteiger partial charge in [0.1, 0.15) is 12.1 Å². The number of amides is 3. The van der Waals surface area contributed by atoms with Gasteiger partial charge in [-0.25, -0.2) is 0 Å². The normalized spacial score (nSPS) is 15.4. The van der Waals surface area contributed by atoms with Gasteiger partial charge in [-0.3, -0.25) is 23.5 Å². The zero-order valence-electron chi connectivity index (χ0n) is 30.6. The minimum atomic E-state index is -5.03. The Hall–Kier alpha value is -3.08. The number of nitrogens with zero attached hydrogens (tertiary/aromatic N) is 2. The van der Waals surface area contributed by atoms with E-state index in [0.717, 1.165) is 83.0 Å². The van der Waals surface area contributed by atoms with E-state index in [0.29, 0.717) is 0 Å². The molecular formula is C33H31Br3F7N5O9P2. The van der Waals surface area contributed by atoms with Crippen molar-refractivity contribution in [3.05, 3.63) is 101 Å². The summed E-state index contributed by atoms with van der Waals surface area (Å²) in [7, 11) is -6.96. The first kappa shape index (κ1) is 48.6. The number of hydrogen-bond donors (Lipinski definition) is 3. The minimum absolute atomic E-state index is 0.00271. The fourth-order valence-corrected chi connectivity index (χ4v) is 9.89. The molecule has 0 saturated carbocycles. The summed E-state index contributed by atoms with van der Waals surface area (Å²) in [5.74, 6) is -3.37. The quantitative estimate of drug-likeness (QED) is 0.0824. The van der Waals surface area contributed by atoms with E-state index < -0.39 is 103 Å². The molecule has 1 heterocycles. The highest BCUT2D eigenvalue weighted by molar-refractivity contribution is 9.11. The number of rotatable bonds is 18. The molecule has 2 atom stereocenters. The molecule has 0 unspecified atom stereocenters. The smallest absolute Gasteiger partial charge is 0.368 e. The third kappa shape index (κ3) is 9.86. The number of nitrogens with one attached hydrogen (secondary N) is 2. The van der Waals surface area contributed by atoms with Gasteiger partial charge < -0.3 is 34.5 Å². The summed E-state index contributed by atoms with van der Waals surface area (Å²) in [6, 6.07) is 5.82. The van der Waals surface area contributed by atoms with Crippen LogP contribution in [0.2, 0.25) is 0 Å². The molecule has 1 aliphatic rings. The lowest BCUT2D eigenvalue weighted by Crippen LogP contribution is -2.54. The van der Waals surface area contributed by atoms with Crippen LogP contribution in [-0.4, -0.2) is 64.4 Å². The fraction of sp³-hybridized carbons (Fsp3) is 0.364. The van der Waals surface area contributed by atoms with Gasteiger partial charge in [0, 0.05) is 77.0 Å². The lowest BCUT2D eigenvalue weighted by molar-refractivity contribution is -0.166. The third-order valence-corrected chi connectivity index (χ3v) is 14.3. The second-order valence-corrected chi connectivity index (χ2v) is 19.6.